The number of nitrogens with zero attached hydrogens (tertiary/aromatic N) is 2. The van der Waals surface area contributed by atoms with Gasteiger partial charge in [-0.25, -0.2) is 14.6 Å². The van der Waals surface area contributed by atoms with E-state index >= 15 is 0 Å². The van der Waals surface area contributed by atoms with Gasteiger partial charge in [0, 0.05) is 55.6 Å². The van der Waals surface area contributed by atoms with Gasteiger partial charge < -0.3 is 46.5 Å². The van der Waals surface area contributed by atoms with Crippen molar-refractivity contribution in [2.24, 2.45) is 5.73 Å². The highest BCUT2D eigenvalue weighted by Gasteiger charge is 2.30. The zero-order valence-corrected chi connectivity index (χ0v) is 33.6. The Bertz CT molecular complexity index is 1610. The highest BCUT2D eigenvalue weighted by molar-refractivity contribution is 7.99. The summed E-state index contributed by atoms with van der Waals surface area (Å²) >= 11 is 2.80. The fourth-order valence-corrected chi connectivity index (χ4v) is 6.60. The molecule has 0 aliphatic rings. The number of benzene rings is 1. The molecule has 1 aromatic heterocycles. The van der Waals surface area contributed by atoms with Gasteiger partial charge in [-0.05, 0) is 81.7 Å². The molecule has 4 amide bonds. The van der Waals surface area contributed by atoms with Crippen LogP contribution in [0.25, 0.3) is 6.08 Å². The number of unbranched alkanes of at least 4 members (excludes halogenated alkanes) is 1. The number of phenols is 1. The number of aryl methyl sites for hydroxylation is 1. The number of ether oxygens (including phenoxy) is 2. The number of pyridine rings is 1. The van der Waals surface area contributed by atoms with Gasteiger partial charge in [0.1, 0.15) is 23.9 Å². The number of phenolic OH excluding ortho intramolecular Hbond substituents is 1. The van der Waals surface area contributed by atoms with Gasteiger partial charge in [0.15, 0.2) is 0 Å². The fraction of sp³-hybridized carbons (Fsp3) is 0.486. The quantitative estimate of drug-likeness (QED) is 0.0380. The number of amides is 4. The Morgan fingerprint density at radius 1 is 0.945 bits per heavy atom. The van der Waals surface area contributed by atoms with Crippen molar-refractivity contribution < 1.29 is 43.3 Å². The lowest BCUT2D eigenvalue weighted by Crippen LogP contribution is -2.57. The molecule has 2 rings (SSSR count). The van der Waals surface area contributed by atoms with Crippen LogP contribution in [0.2, 0.25) is 0 Å². The third kappa shape index (κ3) is 18.0. The number of thioether (sulfide) groups is 2. The van der Waals surface area contributed by atoms with Crippen LogP contribution in [0.4, 0.5) is 0 Å². The Balaban J connectivity index is 2.19. The molecular formula is C37H53N7O9S2. The monoisotopic (exact) mass is 803 g/mol. The van der Waals surface area contributed by atoms with Crippen molar-refractivity contribution in [1.29, 1.82) is 0 Å². The minimum absolute atomic E-state index is 0.0547. The minimum Gasteiger partial charge on any atom is -0.508 e. The molecule has 16 nitrogen and oxygen atoms in total. The normalized spacial score (nSPS) is 12.7. The lowest BCUT2D eigenvalue weighted by molar-refractivity contribution is -0.145. The second kappa shape index (κ2) is 25.4. The SMILES string of the molecule is COC(=O)c1ccc(SCC(NC(=O)C(CCCCNC(=O)CCSCCN(C)C)NC(=O)/C=C/c2ccc(O)c(C)c2)C(=O)NC(CN)C(=O)OC)nc1. The molecule has 3 atom stereocenters. The number of carbonyl (C=O) groups excluding carboxylic acids is 6. The largest absolute Gasteiger partial charge is 0.508 e. The molecule has 0 spiro atoms. The van der Waals surface area contributed by atoms with E-state index in [1.165, 1.54) is 37.6 Å². The molecule has 0 bridgehead atoms. The van der Waals surface area contributed by atoms with Crippen LogP contribution >= 0.6 is 23.5 Å². The van der Waals surface area contributed by atoms with E-state index in [1.54, 1.807) is 36.9 Å². The first-order chi connectivity index (χ1) is 26.3. The zero-order chi connectivity index (χ0) is 40.8. The minimum atomic E-state index is -1.23. The Morgan fingerprint density at radius 2 is 1.67 bits per heavy atom. The molecule has 2 aromatic rings. The van der Waals surface area contributed by atoms with E-state index in [2.05, 4.69) is 31.2 Å². The highest BCUT2D eigenvalue weighted by atomic mass is 32.2. The maximum Gasteiger partial charge on any atom is 0.339 e. The highest BCUT2D eigenvalue weighted by Crippen LogP contribution is 2.19. The molecule has 0 aliphatic heterocycles. The molecular weight excluding hydrogens is 751 g/mol. The summed E-state index contributed by atoms with van der Waals surface area (Å²) in [6.45, 7) is 2.76. The number of esters is 2. The Kier molecular flexibility index (Phi) is 21.5. The summed E-state index contributed by atoms with van der Waals surface area (Å²) < 4.78 is 9.43. The summed E-state index contributed by atoms with van der Waals surface area (Å²) in [6.07, 6.45) is 5.63. The molecule has 1 aromatic carbocycles. The molecule has 302 valence electrons. The van der Waals surface area contributed by atoms with Crippen molar-refractivity contribution in [1.82, 2.24) is 31.2 Å². The van der Waals surface area contributed by atoms with Gasteiger partial charge in [-0.1, -0.05) is 6.07 Å². The van der Waals surface area contributed by atoms with Gasteiger partial charge in [0.25, 0.3) is 0 Å². The average Bonchev–Trinajstić information content (AvgIpc) is 3.17. The predicted molar refractivity (Wildman–Crippen MR) is 212 cm³/mol. The fourth-order valence-electron chi connectivity index (χ4n) is 4.70. The Morgan fingerprint density at radius 3 is 2.31 bits per heavy atom. The van der Waals surface area contributed by atoms with Crippen LogP contribution in [0, 0.1) is 6.92 Å². The van der Waals surface area contributed by atoms with Gasteiger partial charge >= 0.3 is 11.9 Å². The molecule has 3 unspecified atom stereocenters. The molecule has 7 N–H and O–H groups in total. The van der Waals surface area contributed by atoms with E-state index in [0.29, 0.717) is 47.7 Å². The van der Waals surface area contributed by atoms with E-state index < -0.39 is 47.8 Å². The van der Waals surface area contributed by atoms with Gasteiger partial charge in [0.05, 0.1) is 24.8 Å². The van der Waals surface area contributed by atoms with Gasteiger partial charge in [-0.2, -0.15) is 11.8 Å². The molecule has 0 aliphatic carbocycles. The second-order valence-electron chi connectivity index (χ2n) is 12.5. The van der Waals surface area contributed by atoms with Crippen LogP contribution in [0.15, 0.2) is 47.6 Å². The zero-order valence-electron chi connectivity index (χ0n) is 31.9. The van der Waals surface area contributed by atoms with Crippen LogP contribution in [-0.4, -0.2) is 134 Å². The number of nitrogens with two attached hydrogens (primary N) is 1. The van der Waals surface area contributed by atoms with Crippen molar-refractivity contribution >= 4 is 65.2 Å². The van der Waals surface area contributed by atoms with Gasteiger partial charge in [-0.15, -0.1) is 11.8 Å². The lowest BCUT2D eigenvalue weighted by atomic mass is 10.1. The number of aromatic hydroxyl groups is 1. The van der Waals surface area contributed by atoms with Gasteiger partial charge in [-0.3, -0.25) is 19.2 Å². The number of hydrogen-bond acceptors (Lipinski definition) is 14. The van der Waals surface area contributed by atoms with Gasteiger partial charge in [0.2, 0.25) is 23.6 Å². The Hall–Kier alpha value is -4.65. The van der Waals surface area contributed by atoms with E-state index in [4.69, 9.17) is 15.2 Å². The molecule has 55 heavy (non-hydrogen) atoms. The lowest BCUT2D eigenvalue weighted by Gasteiger charge is -2.24. The van der Waals surface area contributed by atoms with Crippen molar-refractivity contribution in [3.63, 3.8) is 0 Å². The van der Waals surface area contributed by atoms with Crippen LogP contribution in [0.5, 0.6) is 5.75 Å². The van der Waals surface area contributed by atoms with Crippen LogP contribution < -0.4 is 27.0 Å². The number of hydrogen-bond donors (Lipinski definition) is 6. The van der Waals surface area contributed by atoms with Crippen LogP contribution in [0.3, 0.4) is 0 Å². The van der Waals surface area contributed by atoms with E-state index in [9.17, 15) is 33.9 Å². The van der Waals surface area contributed by atoms with Crippen LogP contribution in [-0.2, 0) is 33.4 Å². The topological polar surface area (TPSA) is 231 Å². The number of methoxy groups -OCH3 is 2. The van der Waals surface area contributed by atoms with E-state index in [1.807, 2.05) is 14.1 Å². The van der Waals surface area contributed by atoms with Crippen molar-refractivity contribution in [3.8, 4) is 5.75 Å². The first kappa shape index (κ1) is 46.5. The summed E-state index contributed by atoms with van der Waals surface area (Å²) in [5.74, 6) is -1.70. The first-order valence-corrected chi connectivity index (χ1v) is 19.7. The standard InChI is InChI=1S/C37H53N7O9S2/c1-24-20-25(9-12-30(24)45)10-13-32(47)41-27(8-6-7-16-39-31(46)15-18-54-19-17-44(2)3)34(48)43-29(35(49)42-28(21-38)37(51)53-5)23-55-33-14-11-26(22-40-33)36(50)52-4/h9-14,20,22,27-29,45H,6-8,15-19,21,23,38H2,1-5H3,(H,39,46)(H,41,47)(H,42,49)(H,43,48)/b13-10+. The number of nitrogens with one attached hydrogen (secondary N) is 4. The summed E-state index contributed by atoms with van der Waals surface area (Å²) in [5.41, 5.74) is 7.19. The Labute approximate surface area is 330 Å². The maximum atomic E-state index is 13.8. The number of rotatable bonds is 24. The average molecular weight is 804 g/mol. The molecule has 0 saturated heterocycles. The summed E-state index contributed by atoms with van der Waals surface area (Å²) in [5, 5.41) is 21.1. The molecule has 0 saturated carbocycles. The summed E-state index contributed by atoms with van der Waals surface area (Å²) in [7, 11) is 6.39. The third-order valence-corrected chi connectivity index (χ3v) is 9.91. The van der Waals surface area contributed by atoms with Crippen molar-refractivity contribution in [2.45, 2.75) is 55.8 Å². The molecule has 0 fully saturated rings. The number of aromatic nitrogens is 1. The number of carbonyl (C=O) groups is 6. The predicted octanol–water partition coefficient (Wildman–Crippen LogP) is 1.25. The third-order valence-electron chi connectivity index (χ3n) is 7.91. The maximum absolute atomic E-state index is 13.8. The molecule has 0 radical (unpaired) electrons. The van der Waals surface area contributed by atoms with Crippen molar-refractivity contribution in [3.05, 3.63) is 59.3 Å². The van der Waals surface area contributed by atoms with E-state index in [0.717, 1.165) is 31.2 Å². The van der Waals surface area contributed by atoms with Crippen molar-refractivity contribution in [2.75, 3.05) is 65.2 Å². The summed E-state index contributed by atoms with van der Waals surface area (Å²) in [4.78, 5) is 83.0. The first-order valence-electron chi connectivity index (χ1n) is 17.6. The molecule has 1 heterocycles. The van der Waals surface area contributed by atoms with E-state index in [-0.39, 0.29) is 35.9 Å². The second-order valence-corrected chi connectivity index (χ2v) is 14.8. The van der Waals surface area contributed by atoms with Crippen LogP contribution in [0.1, 0.15) is 47.2 Å². The smallest absolute Gasteiger partial charge is 0.339 e. The summed E-state index contributed by atoms with van der Waals surface area (Å²) in [6, 6.07) is 4.38. The molecule has 18 heteroatoms.